The maximum atomic E-state index is 11.3. The van der Waals surface area contributed by atoms with Crippen molar-refractivity contribution in [3.05, 3.63) is 59.4 Å². The van der Waals surface area contributed by atoms with Crippen molar-refractivity contribution in [3.8, 4) is 0 Å². The second-order valence-corrected chi connectivity index (χ2v) is 4.09. The van der Waals surface area contributed by atoms with Gasteiger partial charge in [-0.05, 0) is 18.2 Å². The fourth-order valence-corrected chi connectivity index (χ4v) is 1.76. The number of nitrogens with one attached hydrogen (secondary N) is 1. The Morgan fingerprint density at radius 1 is 1.28 bits per heavy atom. The highest BCUT2D eigenvalue weighted by molar-refractivity contribution is 6.33. The van der Waals surface area contributed by atoms with E-state index in [0.29, 0.717) is 16.3 Å². The highest BCUT2D eigenvalue weighted by Gasteiger charge is 2.20. The van der Waals surface area contributed by atoms with Gasteiger partial charge in [0.25, 0.3) is 0 Å². The molecular formula is C13H11ClN2O2. The molecule has 0 aliphatic heterocycles. The first kappa shape index (κ1) is 12.4. The number of rotatable bonds is 4. The maximum absolute atomic E-state index is 11.3. The van der Waals surface area contributed by atoms with E-state index in [1.807, 2.05) is 0 Å². The second kappa shape index (κ2) is 5.51. The van der Waals surface area contributed by atoms with Gasteiger partial charge < -0.3 is 10.4 Å². The maximum Gasteiger partial charge on any atom is 0.330 e. The van der Waals surface area contributed by atoms with Crippen molar-refractivity contribution >= 4 is 23.3 Å². The monoisotopic (exact) mass is 262 g/mol. The number of aromatic nitrogens is 1. The van der Waals surface area contributed by atoms with Crippen molar-refractivity contribution < 1.29 is 9.90 Å². The zero-order valence-electron chi connectivity index (χ0n) is 9.38. The average Bonchev–Trinajstić information content (AvgIpc) is 2.38. The number of aliphatic carboxylic acids is 1. The van der Waals surface area contributed by atoms with Crippen LogP contribution < -0.4 is 5.32 Å². The van der Waals surface area contributed by atoms with Crippen molar-refractivity contribution in [3.63, 3.8) is 0 Å². The molecule has 0 aliphatic rings. The van der Waals surface area contributed by atoms with Crippen LogP contribution in [-0.2, 0) is 4.79 Å². The first-order chi connectivity index (χ1) is 8.68. The lowest BCUT2D eigenvalue weighted by atomic mass is 10.1. The van der Waals surface area contributed by atoms with Crippen LogP contribution in [0.15, 0.2) is 48.8 Å². The van der Waals surface area contributed by atoms with Gasteiger partial charge in [0.05, 0.1) is 10.7 Å². The van der Waals surface area contributed by atoms with E-state index >= 15 is 0 Å². The Labute approximate surface area is 109 Å². The highest BCUT2D eigenvalue weighted by atomic mass is 35.5. The molecule has 0 aliphatic carbocycles. The molecule has 1 unspecified atom stereocenters. The molecule has 92 valence electrons. The predicted molar refractivity (Wildman–Crippen MR) is 69.7 cm³/mol. The first-order valence-corrected chi connectivity index (χ1v) is 5.70. The van der Waals surface area contributed by atoms with Crippen molar-refractivity contribution in [1.29, 1.82) is 0 Å². The number of carboxylic acid groups (broad SMARTS) is 1. The van der Waals surface area contributed by atoms with E-state index < -0.39 is 12.0 Å². The van der Waals surface area contributed by atoms with Gasteiger partial charge in [0.15, 0.2) is 6.04 Å². The van der Waals surface area contributed by atoms with Crippen molar-refractivity contribution in [2.24, 2.45) is 0 Å². The van der Waals surface area contributed by atoms with E-state index in [2.05, 4.69) is 10.3 Å². The lowest BCUT2D eigenvalue weighted by Gasteiger charge is -2.16. The minimum absolute atomic E-state index is 0.479. The Kier molecular flexibility index (Phi) is 3.79. The van der Waals surface area contributed by atoms with Crippen molar-refractivity contribution in [2.75, 3.05) is 5.32 Å². The summed E-state index contributed by atoms with van der Waals surface area (Å²) in [5.41, 5.74) is 1.15. The highest BCUT2D eigenvalue weighted by Crippen LogP contribution is 2.25. The molecule has 1 heterocycles. The molecule has 2 rings (SSSR count). The fraction of sp³-hybridized carbons (Fsp3) is 0.0769. The summed E-state index contributed by atoms with van der Waals surface area (Å²) in [5.74, 6) is -0.983. The summed E-state index contributed by atoms with van der Waals surface area (Å²) in [7, 11) is 0. The molecule has 0 saturated carbocycles. The van der Waals surface area contributed by atoms with Gasteiger partial charge >= 0.3 is 5.97 Å². The smallest absolute Gasteiger partial charge is 0.330 e. The standard InChI is InChI=1S/C13H11ClN2O2/c14-10-5-1-2-6-11(10)16-12(13(17)18)9-4-3-7-15-8-9/h1-8,12,16H,(H,17,18). The van der Waals surface area contributed by atoms with Gasteiger partial charge in [0.2, 0.25) is 0 Å². The molecule has 0 amide bonds. The summed E-state index contributed by atoms with van der Waals surface area (Å²) in [6.07, 6.45) is 3.11. The number of carboxylic acids is 1. The van der Waals surface area contributed by atoms with Crippen LogP contribution in [0.5, 0.6) is 0 Å². The summed E-state index contributed by atoms with van der Waals surface area (Å²) >= 11 is 5.99. The summed E-state index contributed by atoms with van der Waals surface area (Å²) < 4.78 is 0. The van der Waals surface area contributed by atoms with Crippen LogP contribution in [0.1, 0.15) is 11.6 Å². The molecule has 2 aromatic rings. The topological polar surface area (TPSA) is 62.2 Å². The van der Waals surface area contributed by atoms with Gasteiger partial charge in [-0.15, -0.1) is 0 Å². The number of para-hydroxylation sites is 1. The number of benzene rings is 1. The van der Waals surface area contributed by atoms with Crippen LogP contribution in [0.3, 0.4) is 0 Å². The molecule has 0 fully saturated rings. The van der Waals surface area contributed by atoms with Gasteiger partial charge in [0, 0.05) is 18.0 Å². The third-order valence-electron chi connectivity index (χ3n) is 2.44. The lowest BCUT2D eigenvalue weighted by Crippen LogP contribution is -2.20. The minimum atomic E-state index is -0.983. The van der Waals surface area contributed by atoms with Crippen LogP contribution >= 0.6 is 11.6 Å². The number of halogens is 1. The summed E-state index contributed by atoms with van der Waals surface area (Å²) in [6, 6.07) is 9.53. The zero-order chi connectivity index (χ0) is 13.0. The number of hydrogen-bond acceptors (Lipinski definition) is 3. The lowest BCUT2D eigenvalue weighted by molar-refractivity contribution is -0.138. The predicted octanol–water partition coefficient (Wildman–Crippen LogP) is 2.97. The Balaban J connectivity index is 2.28. The van der Waals surface area contributed by atoms with Crippen LogP contribution in [0.4, 0.5) is 5.69 Å². The molecular weight excluding hydrogens is 252 g/mol. The summed E-state index contributed by atoms with van der Waals surface area (Å²) in [5, 5.41) is 12.6. The van der Waals surface area contributed by atoms with Gasteiger partial charge in [-0.25, -0.2) is 4.79 Å². The molecule has 1 aromatic heterocycles. The average molecular weight is 263 g/mol. The molecule has 0 spiro atoms. The molecule has 4 nitrogen and oxygen atoms in total. The van der Waals surface area contributed by atoms with E-state index in [9.17, 15) is 9.90 Å². The SMILES string of the molecule is O=C(O)C(Nc1ccccc1Cl)c1cccnc1. The van der Waals surface area contributed by atoms with Gasteiger partial charge in [-0.3, -0.25) is 4.98 Å². The number of carbonyl (C=O) groups is 1. The second-order valence-electron chi connectivity index (χ2n) is 3.68. The fourth-order valence-electron chi connectivity index (χ4n) is 1.57. The van der Waals surface area contributed by atoms with Gasteiger partial charge in [-0.1, -0.05) is 29.8 Å². The first-order valence-electron chi connectivity index (χ1n) is 5.32. The molecule has 2 N–H and O–H groups in total. The van der Waals surface area contributed by atoms with Crippen molar-refractivity contribution in [2.45, 2.75) is 6.04 Å². The van der Waals surface area contributed by atoms with Crippen LogP contribution in [-0.4, -0.2) is 16.1 Å². The minimum Gasteiger partial charge on any atom is -0.479 e. The van der Waals surface area contributed by atoms with E-state index in [4.69, 9.17) is 11.6 Å². The molecule has 0 bridgehead atoms. The molecule has 1 atom stereocenters. The number of nitrogens with zero attached hydrogens (tertiary/aromatic N) is 1. The Bertz CT molecular complexity index is 546. The van der Waals surface area contributed by atoms with Crippen molar-refractivity contribution in [1.82, 2.24) is 4.98 Å². The Hall–Kier alpha value is -2.07. The molecule has 18 heavy (non-hydrogen) atoms. The van der Waals surface area contributed by atoms with Crippen LogP contribution in [0.2, 0.25) is 5.02 Å². The van der Waals surface area contributed by atoms with E-state index in [1.165, 1.54) is 6.20 Å². The largest absolute Gasteiger partial charge is 0.479 e. The summed E-state index contributed by atoms with van der Waals surface area (Å²) in [4.78, 5) is 15.2. The third kappa shape index (κ3) is 2.78. The quantitative estimate of drug-likeness (QED) is 0.889. The third-order valence-corrected chi connectivity index (χ3v) is 2.77. The Morgan fingerprint density at radius 2 is 2.06 bits per heavy atom. The molecule has 0 saturated heterocycles. The molecule has 5 heteroatoms. The van der Waals surface area contributed by atoms with Gasteiger partial charge in [-0.2, -0.15) is 0 Å². The van der Waals surface area contributed by atoms with E-state index in [-0.39, 0.29) is 0 Å². The number of hydrogen-bond donors (Lipinski definition) is 2. The molecule has 1 aromatic carbocycles. The Morgan fingerprint density at radius 3 is 2.67 bits per heavy atom. The zero-order valence-corrected chi connectivity index (χ0v) is 10.1. The molecule has 0 radical (unpaired) electrons. The van der Waals surface area contributed by atoms with Crippen LogP contribution in [0.25, 0.3) is 0 Å². The summed E-state index contributed by atoms with van der Waals surface area (Å²) in [6.45, 7) is 0. The van der Waals surface area contributed by atoms with E-state index in [1.54, 1.807) is 42.6 Å². The van der Waals surface area contributed by atoms with Gasteiger partial charge in [0.1, 0.15) is 0 Å². The van der Waals surface area contributed by atoms with Crippen LogP contribution in [0, 0.1) is 0 Å². The number of pyridine rings is 1. The number of anilines is 1. The normalized spacial score (nSPS) is 11.8. The van der Waals surface area contributed by atoms with E-state index in [0.717, 1.165) is 0 Å².